The van der Waals surface area contributed by atoms with Gasteiger partial charge in [-0.3, -0.25) is 5.41 Å². The highest BCUT2D eigenvalue weighted by molar-refractivity contribution is 9.18. The van der Waals surface area contributed by atoms with Gasteiger partial charge in [-0.25, -0.2) is 9.18 Å². The first-order chi connectivity index (χ1) is 11.7. The van der Waals surface area contributed by atoms with Crippen molar-refractivity contribution in [2.24, 2.45) is 5.92 Å². The molecule has 2 saturated heterocycles. The molecule has 2 fully saturated rings. The van der Waals surface area contributed by atoms with E-state index in [-0.39, 0.29) is 16.8 Å². The fourth-order valence-corrected chi connectivity index (χ4v) is 3.86. The van der Waals surface area contributed by atoms with Crippen LogP contribution < -0.4 is 0 Å². The molecule has 25 heavy (non-hydrogen) atoms. The molecule has 2 aliphatic heterocycles. The van der Waals surface area contributed by atoms with Crippen molar-refractivity contribution >= 4 is 26.6 Å². The van der Waals surface area contributed by atoms with Gasteiger partial charge in [-0.1, -0.05) is 12.2 Å². The van der Waals surface area contributed by atoms with Crippen LogP contribution in [0.15, 0.2) is 24.1 Å². The lowest BCUT2D eigenvalue weighted by atomic mass is 9.89. The Kier molecular flexibility index (Phi) is 6.83. The van der Waals surface area contributed by atoms with E-state index < -0.39 is 11.4 Å². The molecule has 3 atom stereocenters. The summed E-state index contributed by atoms with van der Waals surface area (Å²) >= 11 is 2.80. The lowest BCUT2D eigenvalue weighted by molar-refractivity contribution is 0.0149. The smallest absolute Gasteiger partial charge is 0.410 e. The van der Waals surface area contributed by atoms with Crippen LogP contribution in [0.3, 0.4) is 0 Å². The number of hydrogen-bond donors (Lipinski definition) is 1. The Balaban J connectivity index is 1.94. The van der Waals surface area contributed by atoms with E-state index in [1.165, 1.54) is 6.08 Å². The highest BCUT2D eigenvalue weighted by Crippen LogP contribution is 2.38. The summed E-state index contributed by atoms with van der Waals surface area (Å²) in [7, 11) is 0. The highest BCUT2D eigenvalue weighted by atomic mass is 79.9. The number of rotatable bonds is 4. The number of amides is 1. The molecular formula is C19H28BrFN2O2. The van der Waals surface area contributed by atoms with E-state index >= 15 is 0 Å². The second kappa shape index (κ2) is 8.47. The zero-order valence-corrected chi connectivity index (χ0v) is 16.8. The van der Waals surface area contributed by atoms with Gasteiger partial charge in [0.15, 0.2) is 5.83 Å². The van der Waals surface area contributed by atoms with Crippen LogP contribution in [-0.4, -0.2) is 33.3 Å². The van der Waals surface area contributed by atoms with Gasteiger partial charge in [0.1, 0.15) is 10.2 Å². The summed E-state index contributed by atoms with van der Waals surface area (Å²) in [5.41, 5.74) is -0.468. The van der Waals surface area contributed by atoms with E-state index in [4.69, 9.17) is 10.1 Å². The van der Waals surface area contributed by atoms with Crippen LogP contribution >= 0.6 is 15.9 Å². The maximum Gasteiger partial charge on any atom is 0.410 e. The molecule has 3 unspecified atom stereocenters. The van der Waals surface area contributed by atoms with Crippen molar-refractivity contribution in [3.63, 3.8) is 0 Å². The molecule has 0 aromatic heterocycles. The fourth-order valence-electron chi connectivity index (χ4n) is 3.73. The van der Waals surface area contributed by atoms with Crippen molar-refractivity contribution in [3.8, 4) is 0 Å². The molecule has 0 radical (unpaired) electrons. The summed E-state index contributed by atoms with van der Waals surface area (Å²) < 4.78 is 18.6. The SMILES string of the molecule is CC(C)(C)OC(=O)N1C2CCC(C/C=C\C=C(\F)C(=N)Br)CC1CC2. The molecule has 0 spiro atoms. The third kappa shape index (κ3) is 5.94. The predicted octanol–water partition coefficient (Wildman–Crippen LogP) is 5.73. The molecule has 0 aromatic rings. The van der Waals surface area contributed by atoms with E-state index in [0.717, 1.165) is 38.5 Å². The first kappa shape index (κ1) is 20.1. The third-order valence-electron chi connectivity index (χ3n) is 4.80. The molecular weight excluding hydrogens is 387 g/mol. The van der Waals surface area contributed by atoms with Gasteiger partial charge >= 0.3 is 6.09 Å². The molecule has 1 N–H and O–H groups in total. The van der Waals surface area contributed by atoms with Crippen LogP contribution in [0.4, 0.5) is 9.18 Å². The van der Waals surface area contributed by atoms with Crippen LogP contribution in [0.2, 0.25) is 0 Å². The average molecular weight is 415 g/mol. The number of hydrogen-bond acceptors (Lipinski definition) is 3. The second-order valence-electron chi connectivity index (χ2n) is 7.94. The van der Waals surface area contributed by atoms with Crippen LogP contribution in [0.25, 0.3) is 0 Å². The van der Waals surface area contributed by atoms with Crippen molar-refractivity contribution < 1.29 is 13.9 Å². The molecule has 140 valence electrons. The number of nitrogens with zero attached hydrogens (tertiary/aromatic N) is 1. The summed E-state index contributed by atoms with van der Waals surface area (Å²) in [6.07, 6.45) is 10.8. The fraction of sp³-hybridized carbons (Fsp3) is 0.684. The Bertz CT molecular complexity index is 568. The van der Waals surface area contributed by atoms with Crippen molar-refractivity contribution in [3.05, 3.63) is 24.1 Å². The summed E-state index contributed by atoms with van der Waals surface area (Å²) in [5, 5.41) is 7.13. The molecule has 2 heterocycles. The first-order valence-corrected chi connectivity index (χ1v) is 9.74. The second-order valence-corrected chi connectivity index (χ2v) is 8.74. The van der Waals surface area contributed by atoms with Crippen LogP contribution in [-0.2, 0) is 4.74 Å². The number of carbonyl (C=O) groups excluding carboxylic acids is 1. The van der Waals surface area contributed by atoms with Crippen molar-refractivity contribution in [1.29, 1.82) is 5.41 Å². The molecule has 0 aliphatic carbocycles. The largest absolute Gasteiger partial charge is 0.444 e. The first-order valence-electron chi connectivity index (χ1n) is 8.95. The van der Waals surface area contributed by atoms with E-state index in [2.05, 4.69) is 15.9 Å². The monoisotopic (exact) mass is 414 g/mol. The maximum absolute atomic E-state index is 13.2. The zero-order valence-electron chi connectivity index (χ0n) is 15.2. The molecule has 4 nitrogen and oxygen atoms in total. The minimum atomic E-state index is -0.577. The van der Waals surface area contributed by atoms with E-state index in [9.17, 15) is 9.18 Å². The Morgan fingerprint density at radius 1 is 1.28 bits per heavy atom. The van der Waals surface area contributed by atoms with Crippen LogP contribution in [0.5, 0.6) is 0 Å². The molecule has 1 amide bonds. The normalized spacial score (nSPS) is 27.5. The van der Waals surface area contributed by atoms with Gasteiger partial charge in [-0.15, -0.1) is 0 Å². The van der Waals surface area contributed by atoms with Crippen molar-refractivity contribution in [1.82, 2.24) is 4.90 Å². The summed E-state index contributed by atoms with van der Waals surface area (Å²) in [5.74, 6) is -0.0800. The summed E-state index contributed by atoms with van der Waals surface area (Å²) in [4.78, 5) is 14.5. The average Bonchev–Trinajstić information content (AvgIpc) is 2.78. The van der Waals surface area contributed by atoms with E-state index in [1.54, 1.807) is 6.08 Å². The van der Waals surface area contributed by atoms with Gasteiger partial charge in [-0.05, 0) is 87.2 Å². The maximum atomic E-state index is 13.2. The van der Waals surface area contributed by atoms with Crippen LogP contribution in [0, 0.1) is 11.3 Å². The van der Waals surface area contributed by atoms with Gasteiger partial charge in [0.05, 0.1) is 0 Å². The Labute approximate surface area is 158 Å². The van der Waals surface area contributed by atoms with Crippen molar-refractivity contribution in [2.45, 2.75) is 77.0 Å². The lowest BCUT2D eigenvalue weighted by Crippen LogP contribution is -2.43. The Morgan fingerprint density at radius 2 is 1.92 bits per heavy atom. The van der Waals surface area contributed by atoms with Gasteiger partial charge in [0, 0.05) is 12.1 Å². The summed E-state index contributed by atoms with van der Waals surface area (Å²) in [6, 6.07) is 0.545. The van der Waals surface area contributed by atoms with Gasteiger partial charge in [0.25, 0.3) is 0 Å². The summed E-state index contributed by atoms with van der Waals surface area (Å²) in [6.45, 7) is 5.70. The predicted molar refractivity (Wildman–Crippen MR) is 102 cm³/mol. The molecule has 0 saturated carbocycles. The quantitative estimate of drug-likeness (QED) is 0.471. The van der Waals surface area contributed by atoms with Gasteiger partial charge in [-0.2, -0.15) is 0 Å². The third-order valence-corrected chi connectivity index (χ3v) is 5.17. The zero-order chi connectivity index (χ0) is 18.6. The standard InChI is InChI=1S/C19H28BrFN2O2/c1-19(2,3)25-18(24)23-14-9-8-13(12-15(23)11-10-14)6-4-5-7-16(21)17(20)22/h4-5,7,13-15,22H,6,8-12H2,1-3H3/b5-4-,16-7+,22-17?. The Morgan fingerprint density at radius 3 is 2.56 bits per heavy atom. The number of fused-ring (bicyclic) bond motifs is 2. The van der Waals surface area contributed by atoms with Crippen LogP contribution in [0.1, 0.15) is 59.3 Å². The molecule has 0 aromatic carbocycles. The van der Waals surface area contributed by atoms with Gasteiger partial charge < -0.3 is 9.64 Å². The number of nitrogens with one attached hydrogen (secondary N) is 1. The molecule has 2 bridgehead atoms. The lowest BCUT2D eigenvalue weighted by Gasteiger charge is -2.31. The van der Waals surface area contributed by atoms with Crippen molar-refractivity contribution in [2.75, 3.05) is 0 Å². The Hall–Kier alpha value is -1.17. The molecule has 6 heteroatoms. The van der Waals surface area contributed by atoms with E-state index in [1.807, 2.05) is 31.7 Å². The highest BCUT2D eigenvalue weighted by Gasteiger charge is 2.42. The number of allylic oxidation sites excluding steroid dienone is 4. The minimum Gasteiger partial charge on any atom is -0.444 e. The van der Waals surface area contributed by atoms with E-state index in [0.29, 0.717) is 12.0 Å². The van der Waals surface area contributed by atoms with Gasteiger partial charge in [0.2, 0.25) is 0 Å². The number of halogens is 2. The molecule has 2 aliphatic rings. The molecule has 2 rings (SSSR count). The number of ether oxygens (including phenoxy) is 1. The minimum absolute atomic E-state index is 0.183. The number of carbonyl (C=O) groups is 1. The topological polar surface area (TPSA) is 53.4 Å².